The molecule has 1 aliphatic carbocycles. The summed E-state index contributed by atoms with van der Waals surface area (Å²) in [4.78, 5) is 28.0. The van der Waals surface area contributed by atoms with Crippen LogP contribution in [0.2, 0.25) is 10.0 Å². The summed E-state index contributed by atoms with van der Waals surface area (Å²) in [5.74, 6) is -0.181. The Morgan fingerprint density at radius 1 is 1.06 bits per heavy atom. The fourth-order valence-corrected chi connectivity index (χ4v) is 4.84. The smallest absolute Gasteiger partial charge is 0.242 e. The topological polar surface area (TPSA) is 49.4 Å². The third-order valence-electron chi connectivity index (χ3n) is 6.67. The molecule has 1 saturated carbocycles. The van der Waals surface area contributed by atoms with Gasteiger partial charge < -0.3 is 10.2 Å². The molecule has 1 aliphatic rings. The zero-order valence-electron chi connectivity index (χ0n) is 20.7. The van der Waals surface area contributed by atoms with Gasteiger partial charge in [0.15, 0.2) is 0 Å². The van der Waals surface area contributed by atoms with Crippen molar-refractivity contribution in [3.8, 4) is 0 Å². The van der Waals surface area contributed by atoms with Crippen molar-refractivity contribution in [1.29, 1.82) is 0 Å². The fourth-order valence-electron chi connectivity index (χ4n) is 4.37. The number of halogens is 2. The molecule has 1 fully saturated rings. The molecule has 1 unspecified atom stereocenters. The molecule has 0 bridgehead atoms. The molecule has 2 aromatic carbocycles. The van der Waals surface area contributed by atoms with Crippen LogP contribution in [0.5, 0.6) is 0 Å². The number of hydrogen-bond acceptors (Lipinski definition) is 2. The molecule has 2 amide bonds. The number of benzene rings is 2. The summed E-state index contributed by atoms with van der Waals surface area (Å²) in [6.07, 6.45) is 5.21. The van der Waals surface area contributed by atoms with Gasteiger partial charge in [-0.15, -0.1) is 0 Å². The molecule has 2 aromatic rings. The summed E-state index contributed by atoms with van der Waals surface area (Å²) in [5, 5.41) is 4.16. The number of rotatable bonds is 8. The van der Waals surface area contributed by atoms with E-state index in [0.717, 1.165) is 36.8 Å². The fraction of sp³-hybridized carbons (Fsp3) is 0.500. The lowest BCUT2D eigenvalue weighted by Gasteiger charge is -2.30. The Hall–Kier alpha value is -2.04. The van der Waals surface area contributed by atoms with Crippen LogP contribution in [0.4, 0.5) is 0 Å². The number of nitrogens with one attached hydrogen (secondary N) is 1. The monoisotopic (exact) mass is 502 g/mol. The number of carbonyl (C=O) groups is 2. The predicted octanol–water partition coefficient (Wildman–Crippen LogP) is 6.70. The Bertz CT molecular complexity index is 992. The van der Waals surface area contributed by atoms with E-state index in [0.29, 0.717) is 22.9 Å². The minimum atomic E-state index is -0.594. The first-order valence-electron chi connectivity index (χ1n) is 12.2. The van der Waals surface area contributed by atoms with Gasteiger partial charge in [-0.3, -0.25) is 9.59 Å². The summed E-state index contributed by atoms with van der Waals surface area (Å²) < 4.78 is 0. The normalized spacial score (nSPS) is 15.2. The van der Waals surface area contributed by atoms with E-state index >= 15 is 0 Å². The molecular weight excluding hydrogens is 467 g/mol. The van der Waals surface area contributed by atoms with Crippen LogP contribution in [0.3, 0.4) is 0 Å². The van der Waals surface area contributed by atoms with Gasteiger partial charge in [0.05, 0.1) is 0 Å². The van der Waals surface area contributed by atoms with Crippen LogP contribution in [0, 0.1) is 0 Å². The highest BCUT2D eigenvalue weighted by Gasteiger charge is 2.28. The summed E-state index contributed by atoms with van der Waals surface area (Å²) in [6, 6.07) is 13.3. The van der Waals surface area contributed by atoms with E-state index in [1.165, 1.54) is 5.56 Å². The van der Waals surface area contributed by atoms with Gasteiger partial charge in [0.25, 0.3) is 0 Å². The second-order valence-electron chi connectivity index (χ2n) is 10.4. The summed E-state index contributed by atoms with van der Waals surface area (Å²) in [5.41, 5.74) is 3.23. The molecule has 6 heteroatoms. The van der Waals surface area contributed by atoms with E-state index in [9.17, 15) is 9.59 Å². The summed E-state index contributed by atoms with van der Waals surface area (Å²) in [7, 11) is 0. The van der Waals surface area contributed by atoms with Crippen molar-refractivity contribution in [2.75, 3.05) is 0 Å². The van der Waals surface area contributed by atoms with Crippen molar-refractivity contribution < 1.29 is 9.59 Å². The molecule has 1 atom stereocenters. The molecule has 0 saturated heterocycles. The van der Waals surface area contributed by atoms with Crippen molar-refractivity contribution in [3.63, 3.8) is 0 Å². The van der Waals surface area contributed by atoms with Crippen LogP contribution in [-0.4, -0.2) is 28.8 Å². The number of amides is 2. The average molecular weight is 504 g/mol. The molecule has 0 aliphatic heterocycles. The lowest BCUT2D eigenvalue weighted by atomic mass is 9.86. The Kier molecular flexibility index (Phi) is 9.06. The van der Waals surface area contributed by atoms with E-state index < -0.39 is 6.04 Å². The van der Waals surface area contributed by atoms with Crippen LogP contribution in [0.25, 0.3) is 0 Å². The number of aryl methyl sites for hydroxylation is 1. The van der Waals surface area contributed by atoms with Gasteiger partial charge in [0, 0.05) is 29.1 Å². The lowest BCUT2D eigenvalue weighted by Crippen LogP contribution is -2.49. The third-order valence-corrected chi connectivity index (χ3v) is 7.26. The van der Waals surface area contributed by atoms with E-state index in [2.05, 4.69) is 50.4 Å². The molecule has 1 N–H and O–H groups in total. The Labute approximate surface area is 214 Å². The van der Waals surface area contributed by atoms with Crippen molar-refractivity contribution in [2.24, 2.45) is 0 Å². The maximum atomic E-state index is 13.4. The first-order chi connectivity index (χ1) is 16.0. The quantitative estimate of drug-likeness (QED) is 0.436. The van der Waals surface area contributed by atoms with Gasteiger partial charge in [-0.05, 0) is 60.4 Å². The Balaban J connectivity index is 1.73. The zero-order chi connectivity index (χ0) is 24.9. The van der Waals surface area contributed by atoms with E-state index in [-0.39, 0.29) is 29.8 Å². The molecular formula is C28H36Cl2N2O2. The van der Waals surface area contributed by atoms with Gasteiger partial charge in [0.1, 0.15) is 6.04 Å². The first kappa shape index (κ1) is 26.6. The second kappa shape index (κ2) is 11.6. The lowest BCUT2D eigenvalue weighted by molar-refractivity contribution is -0.140. The van der Waals surface area contributed by atoms with Crippen molar-refractivity contribution in [1.82, 2.24) is 10.2 Å². The number of hydrogen-bond donors (Lipinski definition) is 1. The molecule has 0 aromatic heterocycles. The van der Waals surface area contributed by atoms with Crippen LogP contribution in [0.15, 0.2) is 42.5 Å². The van der Waals surface area contributed by atoms with Crippen molar-refractivity contribution in [3.05, 3.63) is 69.2 Å². The average Bonchev–Trinajstić information content (AvgIpc) is 3.29. The van der Waals surface area contributed by atoms with Gasteiger partial charge in [-0.1, -0.05) is 87.1 Å². The highest BCUT2D eigenvalue weighted by molar-refractivity contribution is 6.35. The predicted molar refractivity (Wildman–Crippen MR) is 140 cm³/mol. The highest BCUT2D eigenvalue weighted by Crippen LogP contribution is 2.25. The van der Waals surface area contributed by atoms with E-state index in [1.54, 1.807) is 24.0 Å². The van der Waals surface area contributed by atoms with Gasteiger partial charge in [-0.2, -0.15) is 0 Å². The maximum absolute atomic E-state index is 13.4. The zero-order valence-corrected chi connectivity index (χ0v) is 22.2. The Morgan fingerprint density at radius 2 is 1.71 bits per heavy atom. The van der Waals surface area contributed by atoms with Crippen molar-refractivity contribution >= 4 is 35.0 Å². The molecule has 34 heavy (non-hydrogen) atoms. The molecule has 0 spiro atoms. The number of nitrogens with zero attached hydrogens (tertiary/aromatic N) is 1. The van der Waals surface area contributed by atoms with Crippen LogP contribution in [0.1, 0.15) is 76.5 Å². The van der Waals surface area contributed by atoms with E-state index in [1.807, 2.05) is 6.07 Å². The van der Waals surface area contributed by atoms with Crippen molar-refractivity contribution in [2.45, 2.75) is 90.3 Å². The molecule has 0 radical (unpaired) electrons. The summed E-state index contributed by atoms with van der Waals surface area (Å²) >= 11 is 12.5. The minimum absolute atomic E-state index is 0.0695. The molecule has 0 heterocycles. The largest absolute Gasteiger partial charge is 0.352 e. The molecule has 184 valence electrons. The number of carbonyl (C=O) groups excluding carboxylic acids is 2. The van der Waals surface area contributed by atoms with Gasteiger partial charge in [0.2, 0.25) is 11.8 Å². The maximum Gasteiger partial charge on any atom is 0.242 e. The van der Waals surface area contributed by atoms with Gasteiger partial charge >= 0.3 is 0 Å². The standard InChI is InChI=1S/C28H36Cl2N2O2/c1-19(27(34)31-24-7-5-6-8-24)32(18-21-12-15-23(29)17-25(21)30)26(33)16-11-20-9-13-22(14-10-20)28(2,3)4/h9-10,12-15,17,19,24H,5-8,11,16,18H2,1-4H3,(H,31,34). The second-order valence-corrected chi connectivity index (χ2v) is 11.2. The van der Waals surface area contributed by atoms with E-state index in [4.69, 9.17) is 23.2 Å². The van der Waals surface area contributed by atoms with Crippen LogP contribution < -0.4 is 5.32 Å². The van der Waals surface area contributed by atoms with Gasteiger partial charge in [-0.25, -0.2) is 0 Å². The third kappa shape index (κ3) is 7.23. The van der Waals surface area contributed by atoms with Crippen LogP contribution >= 0.6 is 23.2 Å². The minimum Gasteiger partial charge on any atom is -0.352 e. The molecule has 4 nitrogen and oxygen atoms in total. The summed E-state index contributed by atoms with van der Waals surface area (Å²) in [6.45, 7) is 8.61. The van der Waals surface area contributed by atoms with Crippen LogP contribution in [-0.2, 0) is 28.0 Å². The highest BCUT2D eigenvalue weighted by atomic mass is 35.5. The Morgan fingerprint density at radius 3 is 2.29 bits per heavy atom. The first-order valence-corrected chi connectivity index (χ1v) is 12.9. The molecule has 3 rings (SSSR count). The SMILES string of the molecule is CC(C(=O)NC1CCCC1)N(Cc1ccc(Cl)cc1Cl)C(=O)CCc1ccc(C(C)(C)C)cc1.